The van der Waals surface area contributed by atoms with E-state index in [1.54, 1.807) is 0 Å². The van der Waals surface area contributed by atoms with Gasteiger partial charge in [-0.3, -0.25) is 0 Å². The molecule has 3 aromatic carbocycles. The van der Waals surface area contributed by atoms with Crippen molar-refractivity contribution < 1.29 is 0 Å². The molecule has 0 fully saturated rings. The first kappa shape index (κ1) is 15.7. The molecule has 0 unspecified atom stereocenters. The molecule has 0 radical (unpaired) electrons. The number of hydrogen-bond acceptors (Lipinski definition) is 0. The Morgan fingerprint density at radius 3 is 1.14 bits per heavy atom. The molecule has 0 N–H and O–H groups in total. The van der Waals surface area contributed by atoms with Crippen LogP contribution in [-0.4, -0.2) is 10.6 Å². The van der Waals surface area contributed by atoms with Gasteiger partial charge in [-0.25, -0.2) is 0 Å². The quantitative estimate of drug-likeness (QED) is 0.332. The Kier molecular flexibility index (Phi) is 5.28. The molecule has 0 atom stereocenters. The van der Waals surface area contributed by atoms with E-state index in [2.05, 4.69) is 114 Å². The van der Waals surface area contributed by atoms with E-state index < -0.39 is 7.26 Å². The van der Waals surface area contributed by atoms with Gasteiger partial charge < -0.3 is 0 Å². The molecule has 0 heterocycles. The zero-order valence-electron chi connectivity index (χ0n) is 12.5. The van der Waals surface area contributed by atoms with E-state index in [1.807, 2.05) is 0 Å². The van der Waals surface area contributed by atoms with E-state index in [0.717, 1.165) is 0 Å². The predicted molar refractivity (Wildman–Crippen MR) is 110 cm³/mol. The fraction of sp³-hybridized carbons (Fsp3) is 0.100. The maximum absolute atomic E-state index is 2.53. The van der Waals surface area contributed by atoms with E-state index in [-0.39, 0.29) is 0 Å². The molecule has 2 heteroatoms. The molecule has 0 spiro atoms. The van der Waals surface area contributed by atoms with Crippen LogP contribution in [0.25, 0.3) is 0 Å². The molecule has 0 amide bonds. The van der Waals surface area contributed by atoms with Crippen LogP contribution in [0.15, 0.2) is 91.0 Å². The summed E-state index contributed by atoms with van der Waals surface area (Å²) < 4.78 is 1.17. The van der Waals surface area contributed by atoms with Crippen molar-refractivity contribution in [2.24, 2.45) is 0 Å². The van der Waals surface area contributed by atoms with Crippen molar-refractivity contribution in [1.82, 2.24) is 0 Å². The topological polar surface area (TPSA) is 0 Å². The van der Waals surface area contributed by atoms with Gasteiger partial charge in [0.1, 0.15) is 0 Å². The third-order valence-electron chi connectivity index (χ3n) is 4.27. The van der Waals surface area contributed by atoms with Crippen molar-refractivity contribution in [1.29, 1.82) is 0 Å². The molecule has 0 nitrogen and oxygen atoms in total. The SMILES string of the molecule is ICC[PH](c1ccccc1)(c1ccccc1)c1ccccc1. The second-order valence-electron chi connectivity index (χ2n) is 5.44. The summed E-state index contributed by atoms with van der Waals surface area (Å²) in [6.07, 6.45) is 1.23. The van der Waals surface area contributed by atoms with Gasteiger partial charge in [0.05, 0.1) is 0 Å². The van der Waals surface area contributed by atoms with Gasteiger partial charge in [-0.05, 0) is 0 Å². The van der Waals surface area contributed by atoms with Crippen LogP contribution in [0.2, 0.25) is 0 Å². The molecular weight excluding hydrogens is 398 g/mol. The summed E-state index contributed by atoms with van der Waals surface area (Å²) in [5.74, 6) is 0. The summed E-state index contributed by atoms with van der Waals surface area (Å²) in [6, 6.07) is 33.3. The fourth-order valence-electron chi connectivity index (χ4n) is 3.24. The Balaban J connectivity index is 2.29. The van der Waals surface area contributed by atoms with Crippen LogP contribution in [0, 0.1) is 0 Å². The first-order chi connectivity index (χ1) is 10.9. The Bertz CT molecular complexity index is 599. The van der Waals surface area contributed by atoms with Crippen LogP contribution in [0.5, 0.6) is 0 Å². The molecule has 3 aromatic rings. The van der Waals surface area contributed by atoms with Gasteiger partial charge in [-0.15, -0.1) is 0 Å². The van der Waals surface area contributed by atoms with E-state index >= 15 is 0 Å². The Labute approximate surface area is 147 Å². The van der Waals surface area contributed by atoms with E-state index in [0.29, 0.717) is 0 Å². The van der Waals surface area contributed by atoms with Crippen LogP contribution < -0.4 is 15.9 Å². The molecule has 112 valence electrons. The average Bonchev–Trinajstić information content (AvgIpc) is 2.62. The molecule has 0 aromatic heterocycles. The number of alkyl halides is 1. The molecule has 0 bridgehead atoms. The number of halogens is 1. The Morgan fingerprint density at radius 1 is 0.545 bits per heavy atom. The van der Waals surface area contributed by atoms with Crippen molar-refractivity contribution in [3.05, 3.63) is 91.0 Å². The molecule has 0 saturated heterocycles. The molecule has 0 saturated carbocycles. The van der Waals surface area contributed by atoms with Gasteiger partial charge in [0.2, 0.25) is 0 Å². The van der Waals surface area contributed by atoms with Crippen molar-refractivity contribution in [2.45, 2.75) is 0 Å². The van der Waals surface area contributed by atoms with Crippen LogP contribution >= 0.6 is 29.9 Å². The summed E-state index contributed by atoms with van der Waals surface area (Å²) in [4.78, 5) is 0. The molecule has 0 aliphatic carbocycles. The second-order valence-corrected chi connectivity index (χ2v) is 10.6. The van der Waals surface area contributed by atoms with Crippen LogP contribution in [0.4, 0.5) is 0 Å². The van der Waals surface area contributed by atoms with Gasteiger partial charge in [0.25, 0.3) is 0 Å². The third kappa shape index (κ3) is 2.98. The van der Waals surface area contributed by atoms with Crippen LogP contribution in [0.1, 0.15) is 0 Å². The predicted octanol–water partition coefficient (Wildman–Crippen LogP) is 4.15. The monoisotopic (exact) mass is 418 g/mol. The normalized spacial score (nSPS) is 12.0. The van der Waals surface area contributed by atoms with Gasteiger partial charge in [-0.1, -0.05) is 0 Å². The molecular formula is C20H20IP. The van der Waals surface area contributed by atoms with E-state index in [4.69, 9.17) is 0 Å². The average molecular weight is 418 g/mol. The maximum atomic E-state index is 2.53. The van der Waals surface area contributed by atoms with E-state index in [9.17, 15) is 0 Å². The number of hydrogen-bond donors (Lipinski definition) is 0. The van der Waals surface area contributed by atoms with Crippen LogP contribution in [-0.2, 0) is 0 Å². The standard InChI is InChI=1S/C20H20IP/c21-16-17-22(18-10-4-1-5-11-18,19-12-6-2-7-13-19)20-14-8-3-9-15-20/h1-15,22H,16-17H2. The molecule has 3 rings (SSSR count). The minimum atomic E-state index is -1.93. The first-order valence-corrected chi connectivity index (χ1v) is 11.3. The molecule has 0 aliphatic heterocycles. The van der Waals surface area contributed by atoms with Gasteiger partial charge in [0, 0.05) is 0 Å². The van der Waals surface area contributed by atoms with Gasteiger partial charge in [0.15, 0.2) is 0 Å². The summed E-state index contributed by atoms with van der Waals surface area (Å²) in [6.45, 7) is 0. The van der Waals surface area contributed by atoms with Crippen molar-refractivity contribution >= 4 is 45.8 Å². The Hall–Kier alpha value is -1.18. The second kappa shape index (κ2) is 7.39. The summed E-state index contributed by atoms with van der Waals surface area (Å²) in [5.41, 5.74) is 0. The molecule has 22 heavy (non-hydrogen) atoms. The number of benzene rings is 3. The number of rotatable bonds is 5. The summed E-state index contributed by atoms with van der Waals surface area (Å²) in [5, 5.41) is 4.51. The Morgan fingerprint density at radius 2 is 0.864 bits per heavy atom. The van der Waals surface area contributed by atoms with E-state index in [1.165, 1.54) is 26.5 Å². The van der Waals surface area contributed by atoms with Gasteiger partial charge >= 0.3 is 147 Å². The fourth-order valence-corrected chi connectivity index (χ4v) is 10.1. The van der Waals surface area contributed by atoms with Crippen LogP contribution in [0.3, 0.4) is 0 Å². The summed E-state index contributed by atoms with van der Waals surface area (Å²) in [7, 11) is -1.93. The zero-order valence-corrected chi connectivity index (χ0v) is 15.6. The summed E-state index contributed by atoms with van der Waals surface area (Å²) >= 11 is 2.53. The first-order valence-electron chi connectivity index (χ1n) is 7.60. The zero-order chi connectivity index (χ0) is 15.3. The third-order valence-corrected chi connectivity index (χ3v) is 10.8. The minimum absolute atomic E-state index is 1.17. The van der Waals surface area contributed by atoms with Crippen molar-refractivity contribution in [3.63, 3.8) is 0 Å². The molecule has 0 aliphatic rings. The van der Waals surface area contributed by atoms with Crippen molar-refractivity contribution in [2.75, 3.05) is 10.6 Å². The van der Waals surface area contributed by atoms with Gasteiger partial charge in [-0.2, -0.15) is 0 Å². The van der Waals surface area contributed by atoms with Crippen molar-refractivity contribution in [3.8, 4) is 0 Å².